The normalized spacial score (nSPS) is 12.2. The monoisotopic (exact) mass is 412 g/mol. The predicted molar refractivity (Wildman–Crippen MR) is 120 cm³/mol. The molecule has 1 unspecified atom stereocenters. The second-order valence-electron chi connectivity index (χ2n) is 7.05. The van der Waals surface area contributed by atoms with E-state index in [2.05, 4.69) is 15.6 Å². The van der Waals surface area contributed by atoms with Crippen LogP contribution in [0.15, 0.2) is 47.5 Å². The van der Waals surface area contributed by atoms with Crippen LogP contribution in [-0.4, -0.2) is 38.7 Å². The standard InChI is InChI=1S/C23H32N4O3/c1-5-16(2)27-22(28)19-9-6-18(7-10-19)15-26-23(24)25-13-12-17-8-11-20(29-3)21(14-17)30-4/h6-11,14,16H,5,12-13,15H2,1-4H3,(H,27,28)(H3,24,25,26). The average Bonchev–Trinajstić information content (AvgIpc) is 2.77. The molecule has 0 aliphatic heterocycles. The van der Waals surface area contributed by atoms with Crippen molar-refractivity contribution in [3.05, 3.63) is 59.2 Å². The molecule has 30 heavy (non-hydrogen) atoms. The van der Waals surface area contributed by atoms with Crippen LogP contribution in [0.25, 0.3) is 0 Å². The minimum absolute atomic E-state index is 0.0595. The Hall–Kier alpha value is -3.22. The number of nitrogens with one attached hydrogen (secondary N) is 2. The van der Waals surface area contributed by atoms with Gasteiger partial charge in [-0.3, -0.25) is 4.79 Å². The molecule has 0 bridgehead atoms. The van der Waals surface area contributed by atoms with Crippen molar-refractivity contribution in [2.75, 3.05) is 20.8 Å². The van der Waals surface area contributed by atoms with Crippen molar-refractivity contribution >= 4 is 11.9 Å². The van der Waals surface area contributed by atoms with E-state index in [0.29, 0.717) is 36.1 Å². The molecule has 0 spiro atoms. The van der Waals surface area contributed by atoms with Crippen LogP contribution < -0.4 is 25.8 Å². The maximum Gasteiger partial charge on any atom is 0.251 e. The van der Waals surface area contributed by atoms with Crippen LogP contribution in [0.1, 0.15) is 41.8 Å². The Bertz CT molecular complexity index is 850. The number of nitrogens with two attached hydrogens (primary N) is 1. The zero-order chi connectivity index (χ0) is 21.9. The van der Waals surface area contributed by atoms with E-state index in [1.807, 2.05) is 56.3 Å². The molecule has 0 saturated carbocycles. The number of nitrogens with zero attached hydrogens (tertiary/aromatic N) is 1. The van der Waals surface area contributed by atoms with E-state index in [1.54, 1.807) is 14.2 Å². The zero-order valence-corrected chi connectivity index (χ0v) is 18.2. The molecule has 1 atom stereocenters. The molecule has 0 aliphatic rings. The number of aliphatic imine (C=N–C) groups is 1. The lowest BCUT2D eigenvalue weighted by molar-refractivity contribution is 0.0939. The number of carbonyl (C=O) groups is 1. The summed E-state index contributed by atoms with van der Waals surface area (Å²) < 4.78 is 10.6. The van der Waals surface area contributed by atoms with Crippen LogP contribution in [0.2, 0.25) is 0 Å². The number of hydrogen-bond donors (Lipinski definition) is 3. The van der Waals surface area contributed by atoms with Gasteiger partial charge in [0.2, 0.25) is 0 Å². The van der Waals surface area contributed by atoms with Gasteiger partial charge >= 0.3 is 0 Å². The number of ether oxygens (including phenoxy) is 2. The quantitative estimate of drug-likeness (QED) is 0.412. The predicted octanol–water partition coefficient (Wildman–Crippen LogP) is 2.88. The van der Waals surface area contributed by atoms with Crippen molar-refractivity contribution in [1.82, 2.24) is 10.6 Å². The van der Waals surface area contributed by atoms with Crippen molar-refractivity contribution in [3.8, 4) is 11.5 Å². The first-order valence-electron chi connectivity index (χ1n) is 10.1. The van der Waals surface area contributed by atoms with E-state index < -0.39 is 0 Å². The fraction of sp³-hybridized carbons (Fsp3) is 0.391. The number of guanidine groups is 1. The molecular weight excluding hydrogens is 380 g/mol. The highest BCUT2D eigenvalue weighted by Crippen LogP contribution is 2.27. The zero-order valence-electron chi connectivity index (χ0n) is 18.2. The summed E-state index contributed by atoms with van der Waals surface area (Å²) in [4.78, 5) is 16.5. The maximum atomic E-state index is 12.1. The fourth-order valence-corrected chi connectivity index (χ4v) is 2.77. The molecule has 0 fully saturated rings. The molecule has 2 aromatic carbocycles. The molecule has 7 nitrogen and oxygen atoms in total. The lowest BCUT2D eigenvalue weighted by Gasteiger charge is -2.11. The van der Waals surface area contributed by atoms with Gasteiger partial charge in [-0.1, -0.05) is 25.1 Å². The first-order valence-corrected chi connectivity index (χ1v) is 10.1. The fourth-order valence-electron chi connectivity index (χ4n) is 2.77. The Balaban J connectivity index is 1.82. The van der Waals surface area contributed by atoms with Crippen molar-refractivity contribution < 1.29 is 14.3 Å². The van der Waals surface area contributed by atoms with Crippen LogP contribution in [0.5, 0.6) is 11.5 Å². The van der Waals surface area contributed by atoms with Gasteiger partial charge in [-0.2, -0.15) is 0 Å². The van der Waals surface area contributed by atoms with Crippen LogP contribution in [0.4, 0.5) is 0 Å². The Morgan fingerprint density at radius 2 is 1.73 bits per heavy atom. The summed E-state index contributed by atoms with van der Waals surface area (Å²) in [5.41, 5.74) is 8.70. The van der Waals surface area contributed by atoms with Crippen LogP contribution in [0, 0.1) is 0 Å². The first-order chi connectivity index (χ1) is 14.5. The van der Waals surface area contributed by atoms with Gasteiger partial charge in [-0.25, -0.2) is 4.99 Å². The van der Waals surface area contributed by atoms with E-state index in [4.69, 9.17) is 15.2 Å². The third-order valence-corrected chi connectivity index (χ3v) is 4.81. The van der Waals surface area contributed by atoms with Gasteiger partial charge in [0.25, 0.3) is 5.91 Å². The van der Waals surface area contributed by atoms with Crippen molar-refractivity contribution in [3.63, 3.8) is 0 Å². The minimum atomic E-state index is -0.0595. The third-order valence-electron chi connectivity index (χ3n) is 4.81. The average molecular weight is 413 g/mol. The van der Waals surface area contributed by atoms with Gasteiger partial charge in [0, 0.05) is 18.2 Å². The molecule has 0 aliphatic carbocycles. The van der Waals surface area contributed by atoms with Gasteiger partial charge in [0.05, 0.1) is 20.8 Å². The molecule has 2 rings (SSSR count). The Morgan fingerprint density at radius 3 is 2.37 bits per heavy atom. The van der Waals surface area contributed by atoms with Crippen molar-refractivity contribution in [2.24, 2.45) is 10.7 Å². The highest BCUT2D eigenvalue weighted by molar-refractivity contribution is 5.94. The lowest BCUT2D eigenvalue weighted by Crippen LogP contribution is -2.33. The number of rotatable bonds is 10. The molecule has 0 radical (unpaired) electrons. The Labute approximate surface area is 178 Å². The van der Waals surface area contributed by atoms with Gasteiger partial charge in [0.15, 0.2) is 17.5 Å². The first kappa shape index (κ1) is 23.1. The van der Waals surface area contributed by atoms with E-state index in [0.717, 1.165) is 24.0 Å². The largest absolute Gasteiger partial charge is 0.493 e. The van der Waals surface area contributed by atoms with Crippen molar-refractivity contribution in [2.45, 2.75) is 39.3 Å². The van der Waals surface area contributed by atoms with Crippen LogP contribution in [-0.2, 0) is 13.0 Å². The Kier molecular flexibility index (Phi) is 9.00. The second-order valence-corrected chi connectivity index (χ2v) is 7.05. The Morgan fingerprint density at radius 1 is 1.07 bits per heavy atom. The molecule has 162 valence electrons. The molecule has 2 aromatic rings. The number of amides is 1. The van der Waals surface area contributed by atoms with E-state index >= 15 is 0 Å². The number of hydrogen-bond acceptors (Lipinski definition) is 4. The molecule has 7 heteroatoms. The summed E-state index contributed by atoms with van der Waals surface area (Å²) in [5.74, 6) is 1.74. The van der Waals surface area contributed by atoms with E-state index in [1.165, 1.54) is 0 Å². The molecule has 4 N–H and O–H groups in total. The van der Waals surface area contributed by atoms with E-state index in [-0.39, 0.29) is 11.9 Å². The highest BCUT2D eigenvalue weighted by Gasteiger charge is 2.08. The summed E-state index contributed by atoms with van der Waals surface area (Å²) in [5, 5.41) is 6.07. The second kappa shape index (κ2) is 11.7. The summed E-state index contributed by atoms with van der Waals surface area (Å²) in [6, 6.07) is 13.4. The number of benzene rings is 2. The number of carbonyl (C=O) groups excluding carboxylic acids is 1. The minimum Gasteiger partial charge on any atom is -0.493 e. The lowest BCUT2D eigenvalue weighted by atomic mass is 10.1. The topological polar surface area (TPSA) is 98.0 Å². The van der Waals surface area contributed by atoms with Crippen molar-refractivity contribution in [1.29, 1.82) is 0 Å². The summed E-state index contributed by atoms with van der Waals surface area (Å²) >= 11 is 0. The molecule has 0 saturated heterocycles. The van der Waals surface area contributed by atoms with Crippen LogP contribution >= 0.6 is 0 Å². The molecule has 1 amide bonds. The highest BCUT2D eigenvalue weighted by atomic mass is 16.5. The number of methoxy groups -OCH3 is 2. The van der Waals surface area contributed by atoms with Gasteiger partial charge in [-0.05, 0) is 55.2 Å². The molecule has 0 aromatic heterocycles. The van der Waals surface area contributed by atoms with Gasteiger partial charge in [0.1, 0.15) is 0 Å². The summed E-state index contributed by atoms with van der Waals surface area (Å²) in [7, 11) is 3.24. The maximum absolute atomic E-state index is 12.1. The summed E-state index contributed by atoms with van der Waals surface area (Å²) in [6.07, 6.45) is 1.67. The third kappa shape index (κ3) is 6.99. The van der Waals surface area contributed by atoms with E-state index in [9.17, 15) is 4.79 Å². The SMILES string of the molecule is CCC(C)NC(=O)c1ccc(CN=C(N)NCCc2ccc(OC)c(OC)c2)cc1. The van der Waals surface area contributed by atoms with Crippen LogP contribution in [0.3, 0.4) is 0 Å². The van der Waals surface area contributed by atoms with Gasteiger partial charge < -0.3 is 25.8 Å². The smallest absolute Gasteiger partial charge is 0.251 e. The summed E-state index contributed by atoms with van der Waals surface area (Å²) in [6.45, 7) is 5.13. The molecular formula is C23H32N4O3. The van der Waals surface area contributed by atoms with Gasteiger partial charge in [-0.15, -0.1) is 0 Å². The molecule has 0 heterocycles.